The van der Waals surface area contributed by atoms with Gasteiger partial charge < -0.3 is 15.3 Å². The van der Waals surface area contributed by atoms with Crippen molar-refractivity contribution in [1.29, 1.82) is 0 Å². The quantitative estimate of drug-likeness (QED) is 0.723. The second-order valence-corrected chi connectivity index (χ2v) is 10.0. The van der Waals surface area contributed by atoms with Crippen molar-refractivity contribution in [2.24, 2.45) is 34.5 Å². The molecule has 138 valence electrons. The molecule has 4 saturated carbocycles. The molecule has 0 amide bonds. The zero-order chi connectivity index (χ0) is 17.2. The molecule has 4 fully saturated rings. The summed E-state index contributed by atoms with van der Waals surface area (Å²) in [5.74, 6) is 2.95. The normalized spacial score (nSPS) is 55.4. The van der Waals surface area contributed by atoms with Crippen LogP contribution in [0, 0.1) is 34.5 Å². The molecule has 0 bridgehead atoms. The molecule has 4 rings (SSSR count). The lowest BCUT2D eigenvalue weighted by molar-refractivity contribution is -0.193. The summed E-state index contributed by atoms with van der Waals surface area (Å²) in [6.45, 7) is 4.45. The van der Waals surface area contributed by atoms with Crippen molar-refractivity contribution in [3.8, 4) is 0 Å². The molecule has 0 saturated heterocycles. The minimum Gasteiger partial charge on any atom is -0.394 e. The highest BCUT2D eigenvalue weighted by Gasteiger charge is 2.65. The summed E-state index contributed by atoms with van der Waals surface area (Å²) in [7, 11) is 0. The van der Waals surface area contributed by atoms with Gasteiger partial charge >= 0.3 is 0 Å². The van der Waals surface area contributed by atoms with E-state index in [-0.39, 0.29) is 12.0 Å². The lowest BCUT2D eigenvalue weighted by Gasteiger charge is -2.61. The fourth-order valence-corrected chi connectivity index (χ4v) is 8.04. The first-order chi connectivity index (χ1) is 11.4. The summed E-state index contributed by atoms with van der Waals surface area (Å²) in [5.41, 5.74) is -0.811. The van der Waals surface area contributed by atoms with Crippen molar-refractivity contribution in [3.05, 3.63) is 0 Å². The van der Waals surface area contributed by atoms with E-state index >= 15 is 0 Å². The number of hydrogen-bond acceptors (Lipinski definition) is 3. The molecule has 0 unspecified atom stereocenters. The summed E-state index contributed by atoms with van der Waals surface area (Å²) in [4.78, 5) is 0. The molecular weight excluding hydrogens is 300 g/mol. The Bertz CT molecular complexity index is 493. The third kappa shape index (κ3) is 2.07. The monoisotopic (exact) mass is 336 g/mol. The Morgan fingerprint density at radius 1 is 0.917 bits per heavy atom. The van der Waals surface area contributed by atoms with Crippen LogP contribution < -0.4 is 0 Å². The lowest BCUT2D eigenvalue weighted by Crippen LogP contribution is -2.60. The van der Waals surface area contributed by atoms with Crippen molar-refractivity contribution < 1.29 is 15.3 Å². The van der Waals surface area contributed by atoms with E-state index in [4.69, 9.17) is 0 Å². The van der Waals surface area contributed by atoms with Gasteiger partial charge in [-0.1, -0.05) is 26.7 Å². The Balaban J connectivity index is 1.64. The Kier molecular flexibility index (Phi) is 4.10. The Hall–Kier alpha value is -0.120. The van der Waals surface area contributed by atoms with Crippen LogP contribution in [0.25, 0.3) is 0 Å². The van der Waals surface area contributed by atoms with E-state index < -0.39 is 11.7 Å². The molecule has 0 aromatic heterocycles. The molecule has 24 heavy (non-hydrogen) atoms. The molecule has 0 aromatic rings. The van der Waals surface area contributed by atoms with Gasteiger partial charge in [0.2, 0.25) is 0 Å². The summed E-state index contributed by atoms with van der Waals surface area (Å²) in [5, 5.41) is 31.1. The maximum absolute atomic E-state index is 11.3. The van der Waals surface area contributed by atoms with Crippen LogP contribution in [-0.2, 0) is 0 Å². The fraction of sp³-hybridized carbons (Fsp3) is 1.00. The summed E-state index contributed by atoms with van der Waals surface area (Å²) in [6.07, 6.45) is 11.2. The molecule has 8 atom stereocenters. The summed E-state index contributed by atoms with van der Waals surface area (Å²) >= 11 is 0. The van der Waals surface area contributed by atoms with E-state index in [1.807, 2.05) is 0 Å². The van der Waals surface area contributed by atoms with Crippen molar-refractivity contribution >= 4 is 0 Å². The predicted octanol–water partition coefficient (Wildman–Crippen LogP) is 3.50. The zero-order valence-electron chi connectivity index (χ0n) is 15.5. The molecule has 4 aliphatic rings. The van der Waals surface area contributed by atoms with Gasteiger partial charge in [-0.15, -0.1) is 0 Å². The number of fused-ring (bicyclic) bond motifs is 5. The van der Waals surface area contributed by atoms with Crippen LogP contribution in [0.1, 0.15) is 78.1 Å². The van der Waals surface area contributed by atoms with Gasteiger partial charge in [0.1, 0.15) is 6.10 Å². The second-order valence-electron chi connectivity index (χ2n) is 10.0. The van der Waals surface area contributed by atoms with E-state index in [9.17, 15) is 15.3 Å². The van der Waals surface area contributed by atoms with Gasteiger partial charge in [-0.2, -0.15) is 0 Å². The minimum atomic E-state index is -1.10. The Morgan fingerprint density at radius 3 is 2.42 bits per heavy atom. The van der Waals surface area contributed by atoms with Crippen LogP contribution in [0.4, 0.5) is 0 Å². The molecular formula is C21H36O3. The predicted molar refractivity (Wildman–Crippen MR) is 94.4 cm³/mol. The Morgan fingerprint density at radius 2 is 1.67 bits per heavy atom. The van der Waals surface area contributed by atoms with Gasteiger partial charge in [0.25, 0.3) is 0 Å². The van der Waals surface area contributed by atoms with Crippen LogP contribution in [0.2, 0.25) is 0 Å². The van der Waals surface area contributed by atoms with E-state index in [1.165, 1.54) is 44.9 Å². The van der Waals surface area contributed by atoms with E-state index in [1.54, 1.807) is 0 Å². The first kappa shape index (κ1) is 17.3. The first-order valence-electron chi connectivity index (χ1n) is 10.4. The molecule has 0 spiro atoms. The molecule has 0 aromatic carbocycles. The van der Waals surface area contributed by atoms with Gasteiger partial charge in [0.15, 0.2) is 0 Å². The van der Waals surface area contributed by atoms with Gasteiger partial charge in [0.05, 0.1) is 12.2 Å². The first-order valence-corrected chi connectivity index (χ1v) is 10.4. The molecule has 0 radical (unpaired) electrons. The molecule has 0 aliphatic heterocycles. The fourth-order valence-electron chi connectivity index (χ4n) is 8.04. The highest BCUT2D eigenvalue weighted by atomic mass is 16.4. The smallest absolute Gasteiger partial charge is 0.106 e. The topological polar surface area (TPSA) is 60.7 Å². The van der Waals surface area contributed by atoms with Crippen LogP contribution >= 0.6 is 0 Å². The SMILES string of the molecule is C[C@]12CCCC[C@@H]1CC[C@@H]1[C@@H]2CC[C@]2(C)[C@H]1CC[C@]2(O)[C@H](O)CO. The maximum atomic E-state index is 11.3. The van der Waals surface area contributed by atoms with Crippen LogP contribution in [0.15, 0.2) is 0 Å². The van der Waals surface area contributed by atoms with Crippen molar-refractivity contribution in [3.63, 3.8) is 0 Å². The molecule has 3 nitrogen and oxygen atoms in total. The van der Waals surface area contributed by atoms with Crippen molar-refractivity contribution in [2.45, 2.75) is 89.8 Å². The largest absolute Gasteiger partial charge is 0.394 e. The standard InChI is InChI=1S/C21H36O3/c1-19-10-4-3-5-14(19)6-7-15-16(19)8-11-20(2)17(15)9-12-21(20,24)18(23)13-22/h14-18,22-24H,3-13H2,1-2H3/t14-,15-,16+,17+,18-,19+,20-,21+/m1/s1. The third-order valence-electron chi connectivity index (χ3n) is 9.52. The maximum Gasteiger partial charge on any atom is 0.106 e. The Labute approximate surface area is 146 Å². The van der Waals surface area contributed by atoms with Gasteiger partial charge in [-0.3, -0.25) is 0 Å². The van der Waals surface area contributed by atoms with Crippen LogP contribution in [0.3, 0.4) is 0 Å². The highest BCUT2D eigenvalue weighted by molar-refractivity contribution is 5.15. The minimum absolute atomic E-state index is 0.228. The average molecular weight is 337 g/mol. The van der Waals surface area contributed by atoms with E-state index in [0.717, 1.165) is 24.7 Å². The van der Waals surface area contributed by atoms with Gasteiger partial charge in [-0.05, 0) is 80.5 Å². The molecule has 3 N–H and O–H groups in total. The third-order valence-corrected chi connectivity index (χ3v) is 9.52. The van der Waals surface area contributed by atoms with E-state index in [2.05, 4.69) is 13.8 Å². The number of hydrogen-bond donors (Lipinski definition) is 3. The van der Waals surface area contributed by atoms with Crippen molar-refractivity contribution in [1.82, 2.24) is 0 Å². The van der Waals surface area contributed by atoms with Crippen molar-refractivity contribution in [2.75, 3.05) is 6.61 Å². The molecule has 0 heterocycles. The average Bonchev–Trinajstić information content (AvgIpc) is 2.86. The van der Waals surface area contributed by atoms with E-state index in [0.29, 0.717) is 23.7 Å². The van der Waals surface area contributed by atoms with Crippen LogP contribution in [0.5, 0.6) is 0 Å². The summed E-state index contributed by atoms with van der Waals surface area (Å²) in [6, 6.07) is 0. The number of aliphatic hydroxyl groups excluding tert-OH is 2. The zero-order valence-corrected chi connectivity index (χ0v) is 15.5. The van der Waals surface area contributed by atoms with Gasteiger partial charge in [-0.25, -0.2) is 0 Å². The lowest BCUT2D eigenvalue weighted by atomic mass is 9.44. The number of rotatable bonds is 2. The molecule has 3 heteroatoms. The highest BCUT2D eigenvalue weighted by Crippen LogP contribution is 2.68. The van der Waals surface area contributed by atoms with Crippen LogP contribution in [-0.4, -0.2) is 33.6 Å². The summed E-state index contributed by atoms with van der Waals surface area (Å²) < 4.78 is 0. The molecule has 4 aliphatic carbocycles. The van der Waals surface area contributed by atoms with Gasteiger partial charge in [0, 0.05) is 5.41 Å². The second kappa shape index (κ2) is 5.69. The number of aliphatic hydroxyl groups is 3.